The Labute approximate surface area is 227 Å². The smallest absolute Gasteiger partial charge is 0.409 e. The molecule has 0 radical (unpaired) electrons. The third kappa shape index (κ3) is 8.04. The quantitative estimate of drug-likeness (QED) is 0.229. The Bertz CT molecular complexity index is 1270. The van der Waals surface area contributed by atoms with Crippen molar-refractivity contribution in [3.05, 3.63) is 83.4 Å². The van der Waals surface area contributed by atoms with Gasteiger partial charge in [-0.1, -0.05) is 75.4 Å². The van der Waals surface area contributed by atoms with Crippen LogP contribution in [0.1, 0.15) is 50.3 Å². The van der Waals surface area contributed by atoms with Crippen LogP contribution in [-0.4, -0.2) is 25.4 Å². The molecule has 0 aliphatic heterocycles. The zero-order valence-corrected chi connectivity index (χ0v) is 24.4. The molecular weight excluding hydrogens is 492 g/mol. The molecule has 6 nitrogen and oxygen atoms in total. The van der Waals surface area contributed by atoms with E-state index in [2.05, 4.69) is 50.6 Å². The molecule has 0 fully saturated rings. The minimum atomic E-state index is -1.82. The van der Waals surface area contributed by atoms with E-state index in [0.29, 0.717) is 31.6 Å². The predicted octanol–water partition coefficient (Wildman–Crippen LogP) is 8.24. The summed E-state index contributed by atoms with van der Waals surface area (Å²) in [5.41, 5.74) is 6.21. The van der Waals surface area contributed by atoms with Gasteiger partial charge in [-0.3, -0.25) is 10.1 Å². The Balaban J connectivity index is 1.56. The highest BCUT2D eigenvalue weighted by Gasteiger charge is 2.37. The van der Waals surface area contributed by atoms with E-state index in [4.69, 9.17) is 4.43 Å². The number of hydrogen-bond acceptors (Lipinski definition) is 3. The van der Waals surface area contributed by atoms with Gasteiger partial charge >= 0.3 is 6.09 Å². The van der Waals surface area contributed by atoms with Crippen molar-refractivity contribution in [3.8, 4) is 11.1 Å². The van der Waals surface area contributed by atoms with Crippen molar-refractivity contribution in [1.82, 2.24) is 0 Å². The Kier molecular flexibility index (Phi) is 9.52. The number of carbonyl (C=O) groups is 2. The van der Waals surface area contributed by atoms with Gasteiger partial charge in [-0.25, -0.2) is 4.79 Å². The molecule has 0 saturated carbocycles. The van der Waals surface area contributed by atoms with Gasteiger partial charge in [0.05, 0.1) is 12.3 Å². The van der Waals surface area contributed by atoms with Gasteiger partial charge in [0.25, 0.3) is 0 Å². The number of aryl methyl sites for hydroxylation is 2. The normalized spacial score (nSPS) is 11.7. The molecule has 0 heterocycles. The predicted molar refractivity (Wildman–Crippen MR) is 158 cm³/mol. The number of nitrogens with one attached hydrogen (secondary N) is 2. The summed E-state index contributed by atoms with van der Waals surface area (Å²) in [5, 5.41) is 15.0. The maximum Gasteiger partial charge on any atom is 0.409 e. The zero-order valence-electron chi connectivity index (χ0n) is 23.4. The van der Waals surface area contributed by atoms with E-state index in [-0.39, 0.29) is 10.9 Å². The first-order valence-electron chi connectivity index (χ1n) is 13.1. The lowest BCUT2D eigenvalue weighted by Crippen LogP contribution is -2.40. The fourth-order valence-corrected chi connectivity index (χ4v) is 4.90. The van der Waals surface area contributed by atoms with Gasteiger partial charge < -0.3 is 14.8 Å². The van der Waals surface area contributed by atoms with Crippen LogP contribution < -0.4 is 10.6 Å². The molecular formula is C31H40N2O4Si. The van der Waals surface area contributed by atoms with Gasteiger partial charge in [-0.05, 0) is 72.3 Å². The van der Waals surface area contributed by atoms with E-state index in [1.165, 1.54) is 0 Å². The molecule has 3 aromatic rings. The largest absolute Gasteiger partial charge is 0.465 e. The fourth-order valence-electron chi connectivity index (χ4n) is 3.94. The van der Waals surface area contributed by atoms with Gasteiger partial charge in [-0.15, -0.1) is 0 Å². The van der Waals surface area contributed by atoms with Gasteiger partial charge in [0.1, 0.15) is 0 Å². The molecule has 3 N–H and O–H groups in total. The van der Waals surface area contributed by atoms with Crippen LogP contribution in [0.4, 0.5) is 16.2 Å². The van der Waals surface area contributed by atoms with Crippen LogP contribution in [0.2, 0.25) is 18.1 Å². The third-order valence-electron chi connectivity index (χ3n) is 7.25. The highest BCUT2D eigenvalue weighted by molar-refractivity contribution is 6.74. The van der Waals surface area contributed by atoms with E-state index in [1.807, 2.05) is 67.6 Å². The van der Waals surface area contributed by atoms with Crippen LogP contribution in [-0.2, 0) is 22.2 Å². The number of benzene rings is 3. The van der Waals surface area contributed by atoms with E-state index >= 15 is 0 Å². The molecule has 3 rings (SSSR count). The summed E-state index contributed by atoms with van der Waals surface area (Å²) in [4.78, 5) is 24.0. The number of amides is 2. The summed E-state index contributed by atoms with van der Waals surface area (Å²) >= 11 is 0. The summed E-state index contributed by atoms with van der Waals surface area (Å²) in [6, 6.07) is 21.5. The number of carbonyl (C=O) groups excluding carboxylic acids is 1. The Morgan fingerprint density at radius 2 is 1.58 bits per heavy atom. The molecule has 0 spiro atoms. The average molecular weight is 533 g/mol. The topological polar surface area (TPSA) is 87.7 Å². The first-order valence-corrected chi connectivity index (χ1v) is 16.0. The van der Waals surface area contributed by atoms with Crippen molar-refractivity contribution in [2.24, 2.45) is 0 Å². The number of hydrogen-bond donors (Lipinski definition) is 3. The lowest BCUT2D eigenvalue weighted by Gasteiger charge is -2.36. The molecule has 2 amide bonds. The van der Waals surface area contributed by atoms with E-state index in [9.17, 15) is 14.7 Å². The van der Waals surface area contributed by atoms with Crippen molar-refractivity contribution in [3.63, 3.8) is 0 Å². The van der Waals surface area contributed by atoms with Gasteiger partial charge in [0, 0.05) is 17.7 Å². The fraction of sp³-hybridized carbons (Fsp3) is 0.355. The zero-order chi connectivity index (χ0) is 27.9. The molecule has 7 heteroatoms. The second-order valence-corrected chi connectivity index (χ2v) is 16.1. The van der Waals surface area contributed by atoms with Crippen LogP contribution in [0.3, 0.4) is 0 Å². The van der Waals surface area contributed by atoms with E-state index in [0.717, 1.165) is 33.5 Å². The highest BCUT2D eigenvalue weighted by Crippen LogP contribution is 2.37. The summed E-state index contributed by atoms with van der Waals surface area (Å²) in [7, 11) is -1.82. The molecule has 0 unspecified atom stereocenters. The van der Waals surface area contributed by atoms with Crippen molar-refractivity contribution in [2.75, 3.05) is 10.6 Å². The molecule has 0 saturated heterocycles. The minimum Gasteiger partial charge on any atom is -0.465 e. The van der Waals surface area contributed by atoms with Gasteiger partial charge in [-0.2, -0.15) is 0 Å². The SMILES string of the molecule is Cc1cc(CO[Si](C)(C)C(C)(C)C)ccc1NC(=O)CCCc1ccc(-c2ccccc2)c(NC(=O)O)c1. The Morgan fingerprint density at radius 3 is 2.21 bits per heavy atom. The highest BCUT2D eigenvalue weighted by atomic mass is 28.4. The standard InChI is InChI=1S/C31H40N2O4Si/c1-22-19-24(21-37-38(5,6)31(2,3)4)16-18-27(22)32-29(34)14-10-11-23-15-17-26(25-12-8-7-9-13-25)28(20-23)33-30(35)36/h7-9,12-13,15-20,33H,10-11,14,21H2,1-6H3,(H,32,34)(H,35,36). The minimum absolute atomic E-state index is 0.0387. The summed E-state index contributed by atoms with van der Waals surface area (Å²) in [6.45, 7) is 13.8. The van der Waals surface area contributed by atoms with Crippen LogP contribution in [0, 0.1) is 6.92 Å². The molecule has 0 atom stereocenters. The Morgan fingerprint density at radius 1 is 0.895 bits per heavy atom. The number of rotatable bonds is 10. The molecule has 0 aliphatic carbocycles. The van der Waals surface area contributed by atoms with Crippen LogP contribution in [0.5, 0.6) is 0 Å². The lowest BCUT2D eigenvalue weighted by molar-refractivity contribution is -0.116. The van der Waals surface area contributed by atoms with Crippen LogP contribution >= 0.6 is 0 Å². The first kappa shape index (κ1) is 29.1. The molecule has 0 aromatic heterocycles. The maximum atomic E-state index is 12.6. The third-order valence-corrected chi connectivity index (χ3v) is 11.7. The second-order valence-electron chi connectivity index (χ2n) is 11.3. The van der Waals surface area contributed by atoms with Crippen molar-refractivity contribution >= 4 is 31.7 Å². The van der Waals surface area contributed by atoms with Crippen LogP contribution in [0.25, 0.3) is 11.1 Å². The summed E-state index contributed by atoms with van der Waals surface area (Å²) < 4.78 is 6.33. The summed E-state index contributed by atoms with van der Waals surface area (Å²) in [6.07, 6.45) is 0.587. The molecule has 0 bridgehead atoms. The lowest BCUT2D eigenvalue weighted by atomic mass is 9.99. The van der Waals surface area contributed by atoms with Crippen molar-refractivity contribution in [2.45, 2.75) is 71.7 Å². The van der Waals surface area contributed by atoms with E-state index < -0.39 is 14.4 Å². The Hall–Kier alpha value is -3.42. The number of anilines is 2. The average Bonchev–Trinajstić information content (AvgIpc) is 2.84. The van der Waals surface area contributed by atoms with Crippen molar-refractivity contribution < 1.29 is 19.1 Å². The maximum absolute atomic E-state index is 12.6. The molecule has 3 aromatic carbocycles. The van der Waals surface area contributed by atoms with E-state index in [1.54, 1.807) is 0 Å². The number of carboxylic acid groups (broad SMARTS) is 1. The molecule has 0 aliphatic rings. The summed E-state index contributed by atoms with van der Waals surface area (Å²) in [5.74, 6) is -0.0387. The van der Waals surface area contributed by atoms with Gasteiger partial charge in [0.2, 0.25) is 5.91 Å². The van der Waals surface area contributed by atoms with Gasteiger partial charge in [0.15, 0.2) is 8.32 Å². The molecule has 202 valence electrons. The second kappa shape index (κ2) is 12.4. The van der Waals surface area contributed by atoms with Crippen molar-refractivity contribution in [1.29, 1.82) is 0 Å². The molecule has 38 heavy (non-hydrogen) atoms. The van der Waals surface area contributed by atoms with Crippen LogP contribution in [0.15, 0.2) is 66.7 Å². The first-order chi connectivity index (χ1) is 17.9. The monoisotopic (exact) mass is 532 g/mol.